The number of carboxylic acid groups (broad SMARTS) is 1. The lowest BCUT2D eigenvalue weighted by atomic mass is 9.97. The minimum Gasteiger partial charge on any atom is -0.478 e. The number of hydrogen-bond acceptors (Lipinski definition) is 3. The highest BCUT2D eigenvalue weighted by Gasteiger charge is 2.43. The highest BCUT2D eigenvalue weighted by Crippen LogP contribution is 2.46. The van der Waals surface area contributed by atoms with Crippen LogP contribution in [-0.2, 0) is 11.3 Å². The average molecular weight is 515 g/mol. The Morgan fingerprint density at radius 1 is 0.973 bits per heavy atom. The summed E-state index contributed by atoms with van der Waals surface area (Å²) in [6.45, 7) is 0.179. The van der Waals surface area contributed by atoms with Gasteiger partial charge in [-0.1, -0.05) is 6.07 Å². The summed E-state index contributed by atoms with van der Waals surface area (Å²) in [6, 6.07) is 5.23. The number of benzene rings is 2. The van der Waals surface area contributed by atoms with Crippen molar-refractivity contribution in [2.24, 2.45) is 0 Å². The maximum absolute atomic E-state index is 14.8. The van der Waals surface area contributed by atoms with E-state index in [1.165, 1.54) is 18.2 Å². The maximum Gasteiger partial charge on any atom is 0.335 e. The first-order valence-corrected chi connectivity index (χ1v) is 12.6. The van der Waals surface area contributed by atoms with Crippen molar-refractivity contribution in [3.05, 3.63) is 76.6 Å². The summed E-state index contributed by atoms with van der Waals surface area (Å²) >= 11 is 0. The third-order valence-electron chi connectivity index (χ3n) is 7.92. The highest BCUT2D eigenvalue weighted by molar-refractivity contribution is 5.88. The molecule has 2 N–H and O–H groups in total. The lowest BCUT2D eigenvalue weighted by Gasteiger charge is -2.40. The first kappa shape index (κ1) is 24.0. The van der Waals surface area contributed by atoms with Gasteiger partial charge in [-0.2, -0.15) is 0 Å². The van der Waals surface area contributed by atoms with E-state index in [2.05, 4.69) is 4.98 Å². The van der Waals surface area contributed by atoms with Gasteiger partial charge in [0, 0.05) is 35.1 Å². The number of H-pyrrole nitrogens is 1. The third kappa shape index (κ3) is 4.29. The van der Waals surface area contributed by atoms with Crippen molar-refractivity contribution in [2.45, 2.75) is 69.2 Å². The summed E-state index contributed by atoms with van der Waals surface area (Å²) in [5, 5.41) is 9.10. The average Bonchev–Trinajstić information content (AvgIpc) is 3.56. The molecule has 5 nitrogen and oxygen atoms in total. The van der Waals surface area contributed by atoms with Gasteiger partial charge in [-0.15, -0.1) is 0 Å². The number of aromatic amines is 1. The van der Waals surface area contributed by atoms with Crippen molar-refractivity contribution in [2.75, 3.05) is 4.90 Å². The van der Waals surface area contributed by atoms with Crippen LogP contribution in [0.1, 0.15) is 66.1 Å². The molecule has 0 amide bonds. The van der Waals surface area contributed by atoms with Gasteiger partial charge in [0.05, 0.1) is 23.8 Å². The number of aromatic nitrogens is 1. The minimum absolute atomic E-state index is 0.0742. The van der Waals surface area contributed by atoms with Crippen LogP contribution in [0.2, 0.25) is 0 Å². The molecule has 2 saturated heterocycles. The molecule has 1 aromatic heterocycles. The van der Waals surface area contributed by atoms with E-state index in [1.807, 2.05) is 0 Å². The Balaban J connectivity index is 1.22. The summed E-state index contributed by atoms with van der Waals surface area (Å²) in [5.74, 6) is -4.10. The second-order valence-corrected chi connectivity index (χ2v) is 10.3. The molecule has 2 aliphatic heterocycles. The molecule has 9 heteroatoms. The molecule has 0 spiro atoms. The fourth-order valence-corrected chi connectivity index (χ4v) is 6.10. The summed E-state index contributed by atoms with van der Waals surface area (Å²) in [5.41, 5.74) is 1.47. The Bertz CT molecular complexity index is 1310. The van der Waals surface area contributed by atoms with E-state index in [0.717, 1.165) is 49.1 Å². The fourth-order valence-electron chi connectivity index (χ4n) is 6.10. The third-order valence-corrected chi connectivity index (χ3v) is 7.92. The van der Waals surface area contributed by atoms with Crippen LogP contribution in [-0.4, -0.2) is 34.2 Å². The predicted molar refractivity (Wildman–Crippen MR) is 129 cm³/mol. The van der Waals surface area contributed by atoms with E-state index in [9.17, 15) is 22.4 Å². The van der Waals surface area contributed by atoms with Gasteiger partial charge in [0.15, 0.2) is 0 Å². The zero-order valence-electron chi connectivity index (χ0n) is 19.9. The number of piperidine rings is 1. The Hall–Kier alpha value is -3.33. The van der Waals surface area contributed by atoms with E-state index in [1.54, 1.807) is 11.1 Å². The molecule has 3 aliphatic rings. The van der Waals surface area contributed by atoms with Gasteiger partial charge < -0.3 is 19.7 Å². The molecule has 2 atom stereocenters. The summed E-state index contributed by atoms with van der Waals surface area (Å²) in [7, 11) is 0. The standard InChI is InChI=1S/C28H26F4N2O3/c29-21-2-1-3-22(30)25(21)19-12-33-26(14-4-5-14)20(19)13-37-18-10-16-6-7-17(11-18)34(16)27-23(31)8-15(28(35)36)9-24(27)32/h1-3,8-9,12,14,16-18,33H,4-7,10-11,13H2,(H,35,36). The van der Waals surface area contributed by atoms with Crippen LogP contribution in [0.3, 0.4) is 0 Å². The minimum atomic E-state index is -1.38. The monoisotopic (exact) mass is 514 g/mol. The van der Waals surface area contributed by atoms with Crippen molar-refractivity contribution in [1.29, 1.82) is 0 Å². The molecule has 3 aromatic rings. The van der Waals surface area contributed by atoms with Crippen LogP contribution in [0.4, 0.5) is 23.2 Å². The van der Waals surface area contributed by atoms with Crippen LogP contribution >= 0.6 is 0 Å². The van der Waals surface area contributed by atoms with Crippen molar-refractivity contribution in [1.82, 2.24) is 4.98 Å². The predicted octanol–water partition coefficient (Wildman–Crippen LogP) is 6.53. The number of anilines is 1. The van der Waals surface area contributed by atoms with Crippen molar-refractivity contribution < 1.29 is 32.2 Å². The van der Waals surface area contributed by atoms with E-state index in [4.69, 9.17) is 9.84 Å². The molecule has 0 radical (unpaired) electrons. The molecule has 6 rings (SSSR count). The Labute approximate surface area is 211 Å². The van der Waals surface area contributed by atoms with Gasteiger partial charge in [-0.3, -0.25) is 0 Å². The Morgan fingerprint density at radius 2 is 1.59 bits per heavy atom. The highest BCUT2D eigenvalue weighted by atomic mass is 19.1. The van der Waals surface area contributed by atoms with Crippen LogP contribution in [0, 0.1) is 23.3 Å². The largest absolute Gasteiger partial charge is 0.478 e. The fraction of sp³-hybridized carbons (Fsp3) is 0.393. The van der Waals surface area contributed by atoms with Gasteiger partial charge in [0.2, 0.25) is 0 Å². The normalized spacial score (nSPS) is 23.0. The Morgan fingerprint density at radius 3 is 2.16 bits per heavy atom. The molecule has 3 heterocycles. The molecule has 2 bridgehead atoms. The molecular formula is C28H26F4N2O3. The number of halogens is 4. The van der Waals surface area contributed by atoms with Crippen LogP contribution in [0.25, 0.3) is 11.1 Å². The van der Waals surface area contributed by atoms with E-state index in [-0.39, 0.29) is 36.0 Å². The zero-order chi connectivity index (χ0) is 25.8. The second kappa shape index (κ2) is 9.20. The number of carboxylic acids is 1. The summed E-state index contributed by atoms with van der Waals surface area (Å²) < 4.78 is 65.1. The van der Waals surface area contributed by atoms with E-state index < -0.39 is 34.8 Å². The van der Waals surface area contributed by atoms with Crippen molar-refractivity contribution in [3.8, 4) is 11.1 Å². The molecule has 194 valence electrons. The number of ether oxygens (including phenoxy) is 1. The lowest BCUT2D eigenvalue weighted by Crippen LogP contribution is -2.46. The Kier molecular flexibility index (Phi) is 5.98. The molecular weight excluding hydrogens is 488 g/mol. The molecule has 37 heavy (non-hydrogen) atoms. The number of nitrogens with one attached hydrogen (secondary N) is 1. The number of carbonyl (C=O) groups is 1. The van der Waals surface area contributed by atoms with Crippen LogP contribution in [0.15, 0.2) is 36.5 Å². The van der Waals surface area contributed by atoms with Gasteiger partial charge in [0.25, 0.3) is 0 Å². The van der Waals surface area contributed by atoms with Crippen molar-refractivity contribution in [3.63, 3.8) is 0 Å². The first-order valence-electron chi connectivity index (χ1n) is 12.6. The second-order valence-electron chi connectivity index (χ2n) is 10.3. The summed E-state index contributed by atoms with van der Waals surface area (Å²) in [6.07, 6.45) is 6.05. The maximum atomic E-state index is 14.8. The number of hydrogen-bond donors (Lipinski definition) is 2. The number of aromatic carboxylic acids is 1. The number of nitrogens with zero attached hydrogens (tertiary/aromatic N) is 1. The smallest absolute Gasteiger partial charge is 0.335 e. The number of rotatable bonds is 7. The molecule has 2 aromatic carbocycles. The van der Waals surface area contributed by atoms with Gasteiger partial charge in [-0.25, -0.2) is 22.4 Å². The van der Waals surface area contributed by atoms with Gasteiger partial charge in [-0.05, 0) is 68.7 Å². The first-order chi connectivity index (χ1) is 17.8. The molecule has 1 saturated carbocycles. The summed E-state index contributed by atoms with van der Waals surface area (Å²) in [4.78, 5) is 16.1. The SMILES string of the molecule is O=C(O)c1cc(F)c(N2C3CCC2CC(OCc2c(-c4c(F)cccc4F)c[nH]c2C2CC2)C3)c(F)c1. The number of fused-ring (bicyclic) bond motifs is 2. The zero-order valence-corrected chi connectivity index (χ0v) is 19.9. The van der Waals surface area contributed by atoms with E-state index in [0.29, 0.717) is 24.3 Å². The quantitative estimate of drug-likeness (QED) is 0.352. The molecule has 3 fully saturated rings. The molecule has 1 aliphatic carbocycles. The van der Waals surface area contributed by atoms with Crippen molar-refractivity contribution >= 4 is 11.7 Å². The van der Waals surface area contributed by atoms with Crippen LogP contribution < -0.4 is 4.90 Å². The molecule has 2 unspecified atom stereocenters. The topological polar surface area (TPSA) is 65.6 Å². The van der Waals surface area contributed by atoms with Gasteiger partial charge >= 0.3 is 5.97 Å². The lowest BCUT2D eigenvalue weighted by molar-refractivity contribution is 0.0148. The van der Waals surface area contributed by atoms with E-state index >= 15 is 0 Å². The van der Waals surface area contributed by atoms with Gasteiger partial charge in [0.1, 0.15) is 29.0 Å². The van der Waals surface area contributed by atoms with Crippen LogP contribution in [0.5, 0.6) is 0 Å².